The van der Waals surface area contributed by atoms with Gasteiger partial charge in [-0.15, -0.1) is 0 Å². The molecular formula is C11H19N5. The van der Waals surface area contributed by atoms with Crippen LogP contribution in [0.3, 0.4) is 0 Å². The molecule has 1 saturated carbocycles. The Morgan fingerprint density at radius 3 is 2.81 bits per heavy atom. The van der Waals surface area contributed by atoms with Crippen molar-refractivity contribution in [2.75, 3.05) is 38.2 Å². The Kier molecular flexibility index (Phi) is 3.24. The van der Waals surface area contributed by atoms with Gasteiger partial charge >= 0.3 is 0 Å². The third-order valence-corrected chi connectivity index (χ3v) is 2.57. The fraction of sp³-hybridized carbons (Fsp3) is 0.636. The third kappa shape index (κ3) is 3.06. The van der Waals surface area contributed by atoms with Crippen LogP contribution in [0.25, 0.3) is 0 Å². The Bertz CT molecular complexity index is 359. The zero-order valence-electron chi connectivity index (χ0n) is 9.90. The first-order valence-corrected chi connectivity index (χ1v) is 5.68. The molecule has 0 bridgehead atoms. The smallest absolute Gasteiger partial charge is 0.136 e. The molecule has 1 aromatic rings. The molecule has 1 aliphatic rings. The highest BCUT2D eigenvalue weighted by Crippen LogP contribution is 2.38. The minimum atomic E-state index is 0.540. The van der Waals surface area contributed by atoms with E-state index < -0.39 is 0 Å². The molecule has 1 fully saturated rings. The van der Waals surface area contributed by atoms with Crippen molar-refractivity contribution in [1.29, 1.82) is 0 Å². The molecule has 0 aliphatic heterocycles. The summed E-state index contributed by atoms with van der Waals surface area (Å²) >= 11 is 0. The molecule has 0 aromatic carbocycles. The van der Waals surface area contributed by atoms with Gasteiger partial charge < -0.3 is 16.0 Å². The normalized spacial score (nSPS) is 15.4. The SMILES string of the molecule is CN(C)CCNc1cc(N)nc(C2CC2)n1. The molecule has 1 aromatic heterocycles. The zero-order chi connectivity index (χ0) is 11.5. The number of likely N-dealkylation sites (N-methyl/N-ethyl adjacent to an activating group) is 1. The van der Waals surface area contributed by atoms with Gasteiger partial charge in [0.1, 0.15) is 17.5 Å². The number of anilines is 2. The van der Waals surface area contributed by atoms with Crippen molar-refractivity contribution in [1.82, 2.24) is 14.9 Å². The number of hydrogen-bond acceptors (Lipinski definition) is 5. The van der Waals surface area contributed by atoms with E-state index >= 15 is 0 Å². The highest BCUT2D eigenvalue weighted by atomic mass is 15.1. The molecule has 5 heteroatoms. The highest BCUT2D eigenvalue weighted by Gasteiger charge is 2.27. The second-order valence-electron chi connectivity index (χ2n) is 4.54. The average Bonchev–Trinajstić information content (AvgIpc) is 2.99. The lowest BCUT2D eigenvalue weighted by Gasteiger charge is -2.11. The Balaban J connectivity index is 1.97. The van der Waals surface area contributed by atoms with Gasteiger partial charge in [-0.25, -0.2) is 9.97 Å². The molecule has 5 nitrogen and oxygen atoms in total. The van der Waals surface area contributed by atoms with E-state index in [-0.39, 0.29) is 0 Å². The van der Waals surface area contributed by atoms with Gasteiger partial charge in [0, 0.05) is 25.1 Å². The second kappa shape index (κ2) is 4.65. The van der Waals surface area contributed by atoms with Crippen molar-refractivity contribution in [3.05, 3.63) is 11.9 Å². The van der Waals surface area contributed by atoms with Crippen LogP contribution in [0.15, 0.2) is 6.07 Å². The minimum absolute atomic E-state index is 0.540. The Hall–Kier alpha value is -1.36. The Morgan fingerprint density at radius 1 is 1.44 bits per heavy atom. The molecule has 2 rings (SSSR count). The first kappa shape index (κ1) is 11.1. The van der Waals surface area contributed by atoms with Gasteiger partial charge in [0.05, 0.1) is 0 Å². The van der Waals surface area contributed by atoms with Crippen molar-refractivity contribution in [2.24, 2.45) is 0 Å². The van der Waals surface area contributed by atoms with Crippen LogP contribution in [0.2, 0.25) is 0 Å². The number of aromatic nitrogens is 2. The van der Waals surface area contributed by atoms with Gasteiger partial charge in [-0.2, -0.15) is 0 Å². The monoisotopic (exact) mass is 221 g/mol. The maximum absolute atomic E-state index is 5.75. The topological polar surface area (TPSA) is 67.1 Å². The van der Waals surface area contributed by atoms with E-state index in [4.69, 9.17) is 5.73 Å². The number of nitrogen functional groups attached to an aromatic ring is 1. The van der Waals surface area contributed by atoms with Crippen LogP contribution in [0.4, 0.5) is 11.6 Å². The quantitative estimate of drug-likeness (QED) is 0.773. The standard InChI is InChI=1S/C11H19N5/c1-16(2)6-5-13-10-7-9(12)14-11(15-10)8-3-4-8/h7-8H,3-6H2,1-2H3,(H3,12,13,14,15). The van der Waals surface area contributed by atoms with E-state index in [1.54, 1.807) is 6.07 Å². The summed E-state index contributed by atoms with van der Waals surface area (Å²) in [5.41, 5.74) is 5.75. The number of nitrogens with two attached hydrogens (primary N) is 1. The number of nitrogens with one attached hydrogen (secondary N) is 1. The fourth-order valence-corrected chi connectivity index (χ4v) is 1.51. The predicted molar refractivity (Wildman–Crippen MR) is 65.5 cm³/mol. The van der Waals surface area contributed by atoms with Gasteiger partial charge in [0.2, 0.25) is 0 Å². The van der Waals surface area contributed by atoms with Crippen LogP contribution in [-0.2, 0) is 0 Å². The molecule has 0 amide bonds. The van der Waals surface area contributed by atoms with E-state index in [2.05, 4.69) is 20.2 Å². The molecule has 16 heavy (non-hydrogen) atoms. The molecule has 1 heterocycles. The van der Waals surface area contributed by atoms with Crippen LogP contribution in [0.5, 0.6) is 0 Å². The molecule has 88 valence electrons. The first-order valence-electron chi connectivity index (χ1n) is 5.68. The Morgan fingerprint density at radius 2 is 2.19 bits per heavy atom. The van der Waals surface area contributed by atoms with Gasteiger partial charge in [-0.05, 0) is 26.9 Å². The molecule has 3 N–H and O–H groups in total. The summed E-state index contributed by atoms with van der Waals surface area (Å²) in [6.07, 6.45) is 2.39. The van der Waals surface area contributed by atoms with Crippen LogP contribution < -0.4 is 11.1 Å². The maximum atomic E-state index is 5.75. The first-order chi connectivity index (χ1) is 7.65. The van der Waals surface area contributed by atoms with Crippen LogP contribution in [-0.4, -0.2) is 42.1 Å². The summed E-state index contributed by atoms with van der Waals surface area (Å²) in [4.78, 5) is 10.9. The van der Waals surface area contributed by atoms with Crippen molar-refractivity contribution >= 4 is 11.6 Å². The van der Waals surface area contributed by atoms with Gasteiger partial charge in [0.15, 0.2) is 0 Å². The lowest BCUT2D eigenvalue weighted by atomic mass is 10.4. The molecule has 0 unspecified atom stereocenters. The van der Waals surface area contributed by atoms with Crippen LogP contribution >= 0.6 is 0 Å². The summed E-state index contributed by atoms with van der Waals surface area (Å²) in [7, 11) is 4.09. The van der Waals surface area contributed by atoms with E-state index in [9.17, 15) is 0 Å². The maximum Gasteiger partial charge on any atom is 0.136 e. The van der Waals surface area contributed by atoms with Crippen LogP contribution in [0, 0.1) is 0 Å². The largest absolute Gasteiger partial charge is 0.384 e. The molecule has 0 radical (unpaired) electrons. The molecular weight excluding hydrogens is 202 g/mol. The average molecular weight is 221 g/mol. The van der Waals surface area contributed by atoms with Crippen molar-refractivity contribution < 1.29 is 0 Å². The van der Waals surface area contributed by atoms with Gasteiger partial charge in [-0.3, -0.25) is 0 Å². The molecule has 1 aliphatic carbocycles. The minimum Gasteiger partial charge on any atom is -0.384 e. The predicted octanol–water partition coefficient (Wildman–Crippen LogP) is 0.910. The summed E-state index contributed by atoms with van der Waals surface area (Å²) in [5.74, 6) is 2.84. The fourth-order valence-electron chi connectivity index (χ4n) is 1.51. The number of hydrogen-bond donors (Lipinski definition) is 2. The summed E-state index contributed by atoms with van der Waals surface area (Å²) in [6, 6.07) is 1.79. The Labute approximate surface area is 96.1 Å². The van der Waals surface area contributed by atoms with E-state index in [1.165, 1.54) is 12.8 Å². The summed E-state index contributed by atoms with van der Waals surface area (Å²) in [6.45, 7) is 1.84. The number of nitrogens with zero attached hydrogens (tertiary/aromatic N) is 3. The lowest BCUT2D eigenvalue weighted by molar-refractivity contribution is 0.425. The van der Waals surface area contributed by atoms with Crippen LogP contribution in [0.1, 0.15) is 24.6 Å². The molecule has 0 spiro atoms. The van der Waals surface area contributed by atoms with Crippen molar-refractivity contribution in [3.8, 4) is 0 Å². The van der Waals surface area contributed by atoms with Crippen molar-refractivity contribution in [2.45, 2.75) is 18.8 Å². The van der Waals surface area contributed by atoms with E-state index in [1.807, 2.05) is 14.1 Å². The van der Waals surface area contributed by atoms with E-state index in [0.29, 0.717) is 11.7 Å². The molecule has 0 saturated heterocycles. The second-order valence-corrected chi connectivity index (χ2v) is 4.54. The van der Waals surface area contributed by atoms with Gasteiger partial charge in [0.25, 0.3) is 0 Å². The van der Waals surface area contributed by atoms with Crippen molar-refractivity contribution in [3.63, 3.8) is 0 Å². The highest BCUT2D eigenvalue weighted by molar-refractivity contribution is 5.45. The zero-order valence-corrected chi connectivity index (χ0v) is 9.90. The summed E-state index contributed by atoms with van der Waals surface area (Å²) < 4.78 is 0. The molecule has 0 atom stereocenters. The lowest BCUT2D eigenvalue weighted by Crippen LogP contribution is -2.21. The summed E-state index contributed by atoms with van der Waals surface area (Å²) in [5, 5.41) is 3.27. The van der Waals surface area contributed by atoms with E-state index in [0.717, 1.165) is 24.7 Å². The number of rotatable bonds is 5. The van der Waals surface area contributed by atoms with Gasteiger partial charge in [-0.1, -0.05) is 0 Å². The third-order valence-electron chi connectivity index (χ3n) is 2.57.